The maximum absolute atomic E-state index is 13.2. The van der Waals surface area contributed by atoms with Crippen LogP contribution in [0.5, 0.6) is 0 Å². The van der Waals surface area contributed by atoms with Gasteiger partial charge in [-0.1, -0.05) is 5.16 Å². The van der Waals surface area contributed by atoms with E-state index in [1.165, 1.54) is 12.5 Å². The summed E-state index contributed by atoms with van der Waals surface area (Å²) in [5.74, 6) is 0.107. The summed E-state index contributed by atoms with van der Waals surface area (Å²) < 4.78 is 46.4. The Morgan fingerprint density at radius 3 is 2.63 bits per heavy atom. The van der Waals surface area contributed by atoms with Gasteiger partial charge in [-0.25, -0.2) is 19.4 Å². The second-order valence-corrected chi connectivity index (χ2v) is 8.65. The fraction of sp³-hybridized carbons (Fsp3) is 0.333. The van der Waals surface area contributed by atoms with Crippen LogP contribution in [0.25, 0.3) is 22.4 Å². The Kier molecular flexibility index (Phi) is 4.50. The van der Waals surface area contributed by atoms with Gasteiger partial charge in [0.1, 0.15) is 28.9 Å². The van der Waals surface area contributed by atoms with E-state index in [2.05, 4.69) is 35.8 Å². The first-order valence-corrected chi connectivity index (χ1v) is 10.8. The topological polar surface area (TPSA) is 150 Å². The van der Waals surface area contributed by atoms with E-state index in [0.717, 1.165) is 18.9 Å². The Bertz CT molecular complexity index is 1440. The molecule has 0 aliphatic heterocycles. The maximum atomic E-state index is 13.2. The van der Waals surface area contributed by atoms with Crippen molar-refractivity contribution in [2.24, 2.45) is 0 Å². The molecule has 0 atom stereocenters. The van der Waals surface area contributed by atoms with E-state index in [0.29, 0.717) is 33.9 Å². The van der Waals surface area contributed by atoms with Crippen LogP contribution in [0.3, 0.4) is 0 Å². The molecule has 2 aliphatic carbocycles. The number of hydrogen-bond acceptors (Lipinski definition) is 8. The molecule has 14 heteroatoms. The highest BCUT2D eigenvalue weighted by atomic mass is 19.4. The average molecular weight is 485 g/mol. The second kappa shape index (κ2) is 7.38. The zero-order chi connectivity index (χ0) is 24.4. The van der Waals surface area contributed by atoms with E-state index >= 15 is 0 Å². The fourth-order valence-corrected chi connectivity index (χ4v) is 4.00. The average Bonchev–Trinajstić information content (AvgIpc) is 3.74. The van der Waals surface area contributed by atoms with Crippen molar-refractivity contribution in [3.63, 3.8) is 0 Å². The normalized spacial score (nSPS) is 16.9. The van der Waals surface area contributed by atoms with Gasteiger partial charge in [0.15, 0.2) is 5.65 Å². The van der Waals surface area contributed by atoms with E-state index in [-0.39, 0.29) is 30.5 Å². The number of rotatable bonds is 5. The molecule has 4 heterocycles. The molecule has 4 aromatic heterocycles. The molecule has 0 saturated heterocycles. The van der Waals surface area contributed by atoms with Crippen LogP contribution in [0, 0.1) is 0 Å². The third kappa shape index (κ3) is 3.61. The monoisotopic (exact) mass is 485 g/mol. The van der Waals surface area contributed by atoms with Crippen LogP contribution in [-0.2, 0) is 5.41 Å². The lowest BCUT2D eigenvalue weighted by Crippen LogP contribution is -2.28. The number of halogens is 3. The number of urea groups is 1. The first kappa shape index (κ1) is 21.3. The van der Waals surface area contributed by atoms with Crippen LogP contribution in [0.1, 0.15) is 37.4 Å². The minimum atomic E-state index is -4.42. The number of nitrogen functional groups attached to an aromatic ring is 1. The molecule has 0 bridgehead atoms. The summed E-state index contributed by atoms with van der Waals surface area (Å²) in [6, 6.07) is 3.91. The van der Waals surface area contributed by atoms with Gasteiger partial charge in [0.05, 0.1) is 29.0 Å². The van der Waals surface area contributed by atoms with E-state index in [1.807, 2.05) is 4.68 Å². The van der Waals surface area contributed by atoms with Crippen molar-refractivity contribution in [2.45, 2.75) is 43.3 Å². The van der Waals surface area contributed by atoms with E-state index in [1.54, 1.807) is 12.1 Å². The van der Waals surface area contributed by atoms with E-state index in [9.17, 15) is 18.0 Å². The van der Waals surface area contributed by atoms with E-state index < -0.39 is 17.6 Å². The molecule has 4 N–H and O–H groups in total. The van der Waals surface area contributed by atoms with Crippen LogP contribution >= 0.6 is 0 Å². The molecule has 0 aromatic carbocycles. The van der Waals surface area contributed by atoms with Crippen LogP contribution in [0.2, 0.25) is 0 Å². The number of nitrogens with one attached hydrogen (secondary N) is 2. The van der Waals surface area contributed by atoms with Gasteiger partial charge in [-0.05, 0) is 37.8 Å². The minimum absolute atomic E-state index is 0.0569. The van der Waals surface area contributed by atoms with Crippen molar-refractivity contribution in [1.82, 2.24) is 29.9 Å². The highest BCUT2D eigenvalue weighted by molar-refractivity contribution is 6.00. The standard InChI is InChI=1S/C21H18F3N9O2/c22-21(23,24)20(5-6-20)13-7-14(35-32-13)30-19(34)29-10-1-4-12(26-8-10)16-15-17(25)27-9-28-18(15)33(31-16)11-2-3-11/h1,4,7-9,11H,2-3,5-6H2,(H2,25,27,28)(H2,29,30,34). The quantitative estimate of drug-likeness (QED) is 0.383. The number of carbonyl (C=O) groups is 1. The predicted octanol–water partition coefficient (Wildman–Crippen LogP) is 4.03. The Hall–Kier alpha value is -4.23. The summed E-state index contributed by atoms with van der Waals surface area (Å²) in [4.78, 5) is 25.1. The van der Waals surface area contributed by atoms with Gasteiger partial charge in [0, 0.05) is 6.07 Å². The van der Waals surface area contributed by atoms with Crippen molar-refractivity contribution in [3.8, 4) is 11.4 Å². The molecule has 35 heavy (non-hydrogen) atoms. The highest BCUT2D eigenvalue weighted by Crippen LogP contribution is 2.58. The molecule has 2 saturated carbocycles. The molecule has 2 amide bonds. The Balaban J connectivity index is 1.17. The van der Waals surface area contributed by atoms with Crippen LogP contribution < -0.4 is 16.4 Å². The van der Waals surface area contributed by atoms with Crippen molar-refractivity contribution in [3.05, 3.63) is 36.4 Å². The molecule has 0 spiro atoms. The summed E-state index contributed by atoms with van der Waals surface area (Å²) in [6.45, 7) is 0. The molecule has 180 valence electrons. The number of anilines is 3. The lowest BCUT2D eigenvalue weighted by molar-refractivity contribution is -0.161. The van der Waals surface area contributed by atoms with Crippen LogP contribution in [-0.4, -0.2) is 42.1 Å². The maximum Gasteiger partial charge on any atom is 0.400 e. The fourth-order valence-electron chi connectivity index (χ4n) is 4.00. The lowest BCUT2D eigenvalue weighted by Gasteiger charge is -2.15. The Morgan fingerprint density at radius 2 is 1.97 bits per heavy atom. The number of alkyl halides is 3. The third-order valence-electron chi connectivity index (χ3n) is 6.20. The SMILES string of the molecule is Nc1ncnc2c1c(-c1ccc(NC(=O)Nc3cc(C4(C(F)(F)F)CC4)no3)cn1)nn2C1CC1. The lowest BCUT2D eigenvalue weighted by atomic mass is 10.0. The molecular weight excluding hydrogens is 467 g/mol. The molecule has 6 rings (SSSR count). The van der Waals surface area contributed by atoms with Gasteiger partial charge in [-0.2, -0.15) is 18.3 Å². The minimum Gasteiger partial charge on any atom is -0.383 e. The molecule has 2 fully saturated rings. The number of amides is 2. The van der Waals surface area contributed by atoms with Crippen LogP contribution in [0.4, 0.5) is 35.4 Å². The summed E-state index contributed by atoms with van der Waals surface area (Å²) in [5, 5.41) is 13.6. The number of pyridine rings is 1. The van der Waals surface area contributed by atoms with E-state index in [4.69, 9.17) is 10.3 Å². The summed E-state index contributed by atoms with van der Waals surface area (Å²) in [5.41, 5.74) is 5.89. The Labute approximate surface area is 194 Å². The van der Waals surface area contributed by atoms with Gasteiger partial charge >= 0.3 is 12.2 Å². The van der Waals surface area contributed by atoms with Gasteiger partial charge in [-0.3, -0.25) is 10.3 Å². The molecule has 0 unspecified atom stereocenters. The Morgan fingerprint density at radius 1 is 1.17 bits per heavy atom. The number of hydrogen-bond donors (Lipinski definition) is 3. The van der Waals surface area contributed by atoms with Crippen molar-refractivity contribution < 1.29 is 22.5 Å². The predicted molar refractivity (Wildman–Crippen MR) is 117 cm³/mol. The first-order chi connectivity index (χ1) is 16.7. The number of carbonyl (C=O) groups excluding carboxylic acids is 1. The van der Waals surface area contributed by atoms with Gasteiger partial charge in [0.2, 0.25) is 5.88 Å². The summed E-state index contributed by atoms with van der Waals surface area (Å²) >= 11 is 0. The molecule has 2 aliphatic rings. The largest absolute Gasteiger partial charge is 0.400 e. The van der Waals surface area contributed by atoms with Gasteiger partial charge in [0.25, 0.3) is 0 Å². The first-order valence-electron chi connectivity index (χ1n) is 10.8. The highest BCUT2D eigenvalue weighted by Gasteiger charge is 2.66. The van der Waals surface area contributed by atoms with Gasteiger partial charge < -0.3 is 15.6 Å². The van der Waals surface area contributed by atoms with Crippen molar-refractivity contribution >= 4 is 34.5 Å². The molecular formula is C21H18F3N9O2. The summed E-state index contributed by atoms with van der Waals surface area (Å²) in [7, 11) is 0. The number of fused-ring (bicyclic) bond motifs is 1. The smallest absolute Gasteiger partial charge is 0.383 e. The van der Waals surface area contributed by atoms with Gasteiger partial charge in [-0.15, -0.1) is 0 Å². The molecule has 11 nitrogen and oxygen atoms in total. The number of nitrogens with two attached hydrogens (primary N) is 1. The zero-order valence-electron chi connectivity index (χ0n) is 18.0. The second-order valence-electron chi connectivity index (χ2n) is 8.65. The zero-order valence-corrected chi connectivity index (χ0v) is 18.0. The molecule has 4 aromatic rings. The molecule has 0 radical (unpaired) electrons. The van der Waals surface area contributed by atoms with Crippen LogP contribution in [0.15, 0.2) is 35.2 Å². The number of nitrogens with zero attached hydrogens (tertiary/aromatic N) is 6. The third-order valence-corrected chi connectivity index (χ3v) is 6.20. The van der Waals surface area contributed by atoms with Crippen molar-refractivity contribution in [2.75, 3.05) is 16.4 Å². The number of aromatic nitrogens is 6. The van der Waals surface area contributed by atoms with Crippen molar-refractivity contribution in [1.29, 1.82) is 0 Å². The summed E-state index contributed by atoms with van der Waals surface area (Å²) in [6.07, 6.45) is 0.299.